The Balaban J connectivity index is 2.70. The van der Waals surface area contributed by atoms with Crippen molar-refractivity contribution in [3.63, 3.8) is 0 Å². The van der Waals surface area contributed by atoms with Crippen molar-refractivity contribution < 1.29 is 9.13 Å². The summed E-state index contributed by atoms with van der Waals surface area (Å²) in [5.74, 6) is -0.346. The van der Waals surface area contributed by atoms with Crippen LogP contribution in [0.2, 0.25) is 5.02 Å². The normalized spacial score (nSPS) is 12.8. The predicted octanol–water partition coefficient (Wildman–Crippen LogP) is 1.71. The molecule has 16 heavy (non-hydrogen) atoms. The summed E-state index contributed by atoms with van der Waals surface area (Å²) >= 11 is 5.95. The minimum atomic E-state index is -0.346. The zero-order valence-electron chi connectivity index (χ0n) is 9.17. The number of hydrogen-bond donors (Lipinski definition) is 2. The molecular formula is C11H16ClFN2O. The Kier molecular flexibility index (Phi) is 5.69. The van der Waals surface area contributed by atoms with Gasteiger partial charge < -0.3 is 15.8 Å². The van der Waals surface area contributed by atoms with Crippen LogP contribution >= 0.6 is 11.6 Å². The standard InChI is InChI=1S/C11H16ClFN2O/c1-16-5-4-15-11(7-14)9-3-2-8(13)6-10(9)12/h2-3,6,11,15H,4-5,7,14H2,1H3. The van der Waals surface area contributed by atoms with Crippen LogP contribution in [0.25, 0.3) is 0 Å². The number of halogens is 2. The number of methoxy groups -OCH3 is 1. The Hall–Kier alpha value is -0.680. The van der Waals surface area contributed by atoms with Crippen LogP contribution in [0.5, 0.6) is 0 Å². The monoisotopic (exact) mass is 246 g/mol. The molecule has 1 rings (SSSR count). The Labute approximate surface area is 99.7 Å². The fourth-order valence-electron chi connectivity index (χ4n) is 1.44. The average molecular weight is 247 g/mol. The van der Waals surface area contributed by atoms with Crippen molar-refractivity contribution in [2.45, 2.75) is 6.04 Å². The van der Waals surface area contributed by atoms with Gasteiger partial charge in [-0.1, -0.05) is 17.7 Å². The van der Waals surface area contributed by atoms with E-state index in [0.717, 1.165) is 5.56 Å². The van der Waals surface area contributed by atoms with Crippen molar-refractivity contribution in [2.24, 2.45) is 5.73 Å². The first kappa shape index (κ1) is 13.4. The number of ether oxygens (including phenoxy) is 1. The molecule has 3 nitrogen and oxygen atoms in total. The van der Waals surface area contributed by atoms with E-state index in [2.05, 4.69) is 5.32 Å². The van der Waals surface area contributed by atoms with Gasteiger partial charge in [0.2, 0.25) is 0 Å². The summed E-state index contributed by atoms with van der Waals surface area (Å²) in [6.45, 7) is 1.66. The number of rotatable bonds is 6. The van der Waals surface area contributed by atoms with Crippen molar-refractivity contribution in [3.05, 3.63) is 34.6 Å². The number of nitrogens with one attached hydrogen (secondary N) is 1. The van der Waals surface area contributed by atoms with Crippen molar-refractivity contribution in [1.29, 1.82) is 0 Å². The van der Waals surface area contributed by atoms with Crippen LogP contribution in [0.4, 0.5) is 4.39 Å². The lowest BCUT2D eigenvalue weighted by Gasteiger charge is -2.18. The Morgan fingerprint density at radius 1 is 1.56 bits per heavy atom. The van der Waals surface area contributed by atoms with Crippen LogP contribution < -0.4 is 11.1 Å². The molecule has 0 fully saturated rings. The summed E-state index contributed by atoms with van der Waals surface area (Å²) in [5, 5.41) is 3.58. The molecule has 1 aromatic rings. The minimum absolute atomic E-state index is 0.0803. The van der Waals surface area contributed by atoms with E-state index in [-0.39, 0.29) is 11.9 Å². The fourth-order valence-corrected chi connectivity index (χ4v) is 1.74. The molecule has 0 saturated carbocycles. The quantitative estimate of drug-likeness (QED) is 0.752. The van der Waals surface area contributed by atoms with Gasteiger partial charge in [0.05, 0.1) is 6.61 Å². The molecule has 0 aliphatic heterocycles. The summed E-state index contributed by atoms with van der Waals surface area (Å²) < 4.78 is 17.8. The molecule has 0 heterocycles. The second-order valence-corrected chi connectivity index (χ2v) is 3.81. The van der Waals surface area contributed by atoms with Crippen LogP contribution in [-0.2, 0) is 4.74 Å². The first-order valence-corrected chi connectivity index (χ1v) is 5.44. The van der Waals surface area contributed by atoms with Gasteiger partial charge in [-0.05, 0) is 17.7 Å². The highest BCUT2D eigenvalue weighted by Crippen LogP contribution is 2.23. The van der Waals surface area contributed by atoms with Crippen molar-refractivity contribution in [3.8, 4) is 0 Å². The molecule has 0 aromatic heterocycles. The molecule has 0 bridgehead atoms. The smallest absolute Gasteiger partial charge is 0.124 e. The topological polar surface area (TPSA) is 47.3 Å². The molecule has 0 saturated heterocycles. The van der Waals surface area contributed by atoms with E-state index in [4.69, 9.17) is 22.1 Å². The van der Waals surface area contributed by atoms with E-state index in [1.54, 1.807) is 13.2 Å². The summed E-state index contributed by atoms with van der Waals surface area (Å²) in [7, 11) is 1.63. The lowest BCUT2D eigenvalue weighted by molar-refractivity contribution is 0.196. The van der Waals surface area contributed by atoms with Crippen molar-refractivity contribution in [2.75, 3.05) is 26.8 Å². The van der Waals surface area contributed by atoms with Gasteiger partial charge in [0.25, 0.3) is 0 Å². The Morgan fingerprint density at radius 3 is 2.88 bits per heavy atom. The summed E-state index contributed by atoms with van der Waals surface area (Å²) in [5.41, 5.74) is 6.45. The van der Waals surface area contributed by atoms with Crippen LogP contribution in [-0.4, -0.2) is 26.8 Å². The van der Waals surface area contributed by atoms with E-state index >= 15 is 0 Å². The van der Waals surface area contributed by atoms with E-state index in [0.29, 0.717) is 24.7 Å². The van der Waals surface area contributed by atoms with E-state index in [1.807, 2.05) is 0 Å². The predicted molar refractivity (Wildman–Crippen MR) is 63.1 cm³/mol. The van der Waals surface area contributed by atoms with E-state index < -0.39 is 0 Å². The molecule has 1 atom stereocenters. The molecule has 0 amide bonds. The third-order valence-corrected chi connectivity index (χ3v) is 2.60. The summed E-state index contributed by atoms with van der Waals surface area (Å²) in [4.78, 5) is 0. The van der Waals surface area contributed by atoms with Gasteiger partial charge in [-0.3, -0.25) is 0 Å². The first-order chi connectivity index (χ1) is 7.69. The Morgan fingerprint density at radius 2 is 2.31 bits per heavy atom. The van der Waals surface area contributed by atoms with Crippen molar-refractivity contribution in [1.82, 2.24) is 5.32 Å². The van der Waals surface area contributed by atoms with Gasteiger partial charge in [0.1, 0.15) is 5.82 Å². The lowest BCUT2D eigenvalue weighted by Crippen LogP contribution is -2.30. The van der Waals surface area contributed by atoms with Gasteiger partial charge in [-0.25, -0.2) is 4.39 Å². The molecule has 1 aromatic carbocycles. The molecule has 3 N–H and O–H groups in total. The number of benzene rings is 1. The van der Waals surface area contributed by atoms with Crippen LogP contribution in [0.1, 0.15) is 11.6 Å². The largest absolute Gasteiger partial charge is 0.383 e. The van der Waals surface area contributed by atoms with E-state index in [1.165, 1.54) is 12.1 Å². The van der Waals surface area contributed by atoms with Crippen LogP contribution in [0, 0.1) is 5.82 Å². The Bertz CT molecular complexity index is 336. The zero-order valence-corrected chi connectivity index (χ0v) is 9.93. The third kappa shape index (κ3) is 3.72. The molecule has 90 valence electrons. The lowest BCUT2D eigenvalue weighted by atomic mass is 10.1. The maximum Gasteiger partial charge on any atom is 0.124 e. The summed E-state index contributed by atoms with van der Waals surface area (Å²) in [6.07, 6.45) is 0. The van der Waals surface area contributed by atoms with Crippen LogP contribution in [0.15, 0.2) is 18.2 Å². The summed E-state index contributed by atoms with van der Waals surface area (Å²) in [6, 6.07) is 4.23. The minimum Gasteiger partial charge on any atom is -0.383 e. The highest BCUT2D eigenvalue weighted by Gasteiger charge is 2.12. The first-order valence-electron chi connectivity index (χ1n) is 5.06. The second-order valence-electron chi connectivity index (χ2n) is 3.40. The number of nitrogens with two attached hydrogens (primary N) is 1. The molecular weight excluding hydrogens is 231 g/mol. The average Bonchev–Trinajstić information content (AvgIpc) is 2.26. The molecule has 0 spiro atoms. The van der Waals surface area contributed by atoms with Gasteiger partial charge in [-0.2, -0.15) is 0 Å². The molecule has 1 unspecified atom stereocenters. The highest BCUT2D eigenvalue weighted by molar-refractivity contribution is 6.31. The number of hydrogen-bond acceptors (Lipinski definition) is 3. The maximum atomic E-state index is 12.9. The van der Waals surface area contributed by atoms with Gasteiger partial charge in [0.15, 0.2) is 0 Å². The molecule has 5 heteroatoms. The highest BCUT2D eigenvalue weighted by atomic mass is 35.5. The molecule has 0 radical (unpaired) electrons. The fraction of sp³-hybridized carbons (Fsp3) is 0.455. The SMILES string of the molecule is COCCNC(CN)c1ccc(F)cc1Cl. The zero-order chi connectivity index (χ0) is 12.0. The van der Waals surface area contributed by atoms with Gasteiger partial charge in [-0.15, -0.1) is 0 Å². The van der Waals surface area contributed by atoms with Crippen LogP contribution in [0.3, 0.4) is 0 Å². The van der Waals surface area contributed by atoms with Crippen molar-refractivity contribution >= 4 is 11.6 Å². The third-order valence-electron chi connectivity index (χ3n) is 2.27. The molecule has 0 aliphatic carbocycles. The second kappa shape index (κ2) is 6.81. The molecule has 0 aliphatic rings. The van der Waals surface area contributed by atoms with Gasteiger partial charge in [0, 0.05) is 31.3 Å². The maximum absolute atomic E-state index is 12.9. The van der Waals surface area contributed by atoms with E-state index in [9.17, 15) is 4.39 Å². The van der Waals surface area contributed by atoms with Gasteiger partial charge >= 0.3 is 0 Å².